The fourth-order valence-electron chi connectivity index (χ4n) is 2.53. The highest BCUT2D eigenvalue weighted by Gasteiger charge is 2.14. The number of hydrogen-bond acceptors (Lipinski definition) is 2. The van der Waals surface area contributed by atoms with Gasteiger partial charge in [0.25, 0.3) is 0 Å². The van der Waals surface area contributed by atoms with E-state index in [9.17, 15) is 0 Å². The van der Waals surface area contributed by atoms with Crippen molar-refractivity contribution in [1.82, 2.24) is 15.1 Å². The van der Waals surface area contributed by atoms with Gasteiger partial charge in [-0.3, -0.25) is 4.68 Å². The summed E-state index contributed by atoms with van der Waals surface area (Å²) in [7, 11) is 0. The van der Waals surface area contributed by atoms with E-state index >= 15 is 0 Å². The molecule has 0 aliphatic carbocycles. The molecule has 0 bridgehead atoms. The van der Waals surface area contributed by atoms with Gasteiger partial charge >= 0.3 is 0 Å². The third kappa shape index (κ3) is 4.18. The lowest BCUT2D eigenvalue weighted by Crippen LogP contribution is -2.23. The Morgan fingerprint density at radius 3 is 2.62 bits per heavy atom. The highest BCUT2D eigenvalue weighted by molar-refractivity contribution is 5.31. The quantitative estimate of drug-likeness (QED) is 0.838. The lowest BCUT2D eigenvalue weighted by molar-refractivity contribution is 0.528. The SMILES string of the molecule is CCCNC(Cc1ccc(C)c(C)c1)c1cnn(CC)c1. The summed E-state index contributed by atoms with van der Waals surface area (Å²) in [4.78, 5) is 0. The molecule has 1 heterocycles. The minimum Gasteiger partial charge on any atom is -0.310 e. The van der Waals surface area contributed by atoms with Crippen molar-refractivity contribution in [1.29, 1.82) is 0 Å². The molecule has 0 aliphatic rings. The van der Waals surface area contributed by atoms with Gasteiger partial charge in [-0.2, -0.15) is 5.10 Å². The van der Waals surface area contributed by atoms with Gasteiger partial charge in [0.1, 0.15) is 0 Å². The van der Waals surface area contributed by atoms with Crippen molar-refractivity contribution in [2.75, 3.05) is 6.54 Å². The summed E-state index contributed by atoms with van der Waals surface area (Å²) in [5, 5.41) is 8.07. The molecule has 114 valence electrons. The van der Waals surface area contributed by atoms with Gasteiger partial charge in [0, 0.05) is 24.3 Å². The first-order chi connectivity index (χ1) is 10.1. The maximum absolute atomic E-state index is 4.41. The molecule has 0 spiro atoms. The lowest BCUT2D eigenvalue weighted by Gasteiger charge is -2.18. The molecule has 3 nitrogen and oxygen atoms in total. The van der Waals surface area contributed by atoms with Gasteiger partial charge in [0.2, 0.25) is 0 Å². The zero-order chi connectivity index (χ0) is 15.2. The molecule has 2 aromatic rings. The monoisotopic (exact) mass is 285 g/mol. The van der Waals surface area contributed by atoms with Crippen LogP contribution in [0.4, 0.5) is 0 Å². The summed E-state index contributed by atoms with van der Waals surface area (Å²) in [6.45, 7) is 10.6. The first-order valence-electron chi connectivity index (χ1n) is 7.95. The molecule has 1 unspecified atom stereocenters. The third-order valence-electron chi connectivity index (χ3n) is 4.03. The number of rotatable bonds is 7. The standard InChI is InChI=1S/C18H27N3/c1-5-9-19-18(17-12-20-21(6-2)13-17)11-16-8-7-14(3)15(4)10-16/h7-8,10,12-13,18-19H,5-6,9,11H2,1-4H3. The van der Waals surface area contributed by atoms with Crippen molar-refractivity contribution in [2.24, 2.45) is 0 Å². The fourth-order valence-corrected chi connectivity index (χ4v) is 2.53. The molecule has 1 aromatic carbocycles. The number of hydrogen-bond donors (Lipinski definition) is 1. The number of aryl methyl sites for hydroxylation is 3. The van der Waals surface area contributed by atoms with Crippen LogP contribution in [0.3, 0.4) is 0 Å². The first-order valence-corrected chi connectivity index (χ1v) is 7.95. The Balaban J connectivity index is 2.17. The maximum Gasteiger partial charge on any atom is 0.0537 e. The molecule has 2 rings (SSSR count). The number of benzene rings is 1. The Labute approximate surface area is 128 Å². The van der Waals surface area contributed by atoms with Crippen molar-refractivity contribution in [3.63, 3.8) is 0 Å². The molecular weight excluding hydrogens is 258 g/mol. The Morgan fingerprint density at radius 1 is 1.19 bits per heavy atom. The molecule has 0 fully saturated rings. The van der Waals surface area contributed by atoms with Crippen molar-refractivity contribution in [3.8, 4) is 0 Å². The lowest BCUT2D eigenvalue weighted by atomic mass is 9.98. The topological polar surface area (TPSA) is 29.9 Å². The first kappa shape index (κ1) is 15.8. The maximum atomic E-state index is 4.41. The van der Waals surface area contributed by atoms with Crippen LogP contribution in [0.25, 0.3) is 0 Å². The van der Waals surface area contributed by atoms with E-state index in [0.717, 1.165) is 25.9 Å². The van der Waals surface area contributed by atoms with Gasteiger partial charge in [0.15, 0.2) is 0 Å². The summed E-state index contributed by atoms with van der Waals surface area (Å²) >= 11 is 0. The second kappa shape index (κ2) is 7.41. The molecule has 0 radical (unpaired) electrons. The van der Waals surface area contributed by atoms with Crippen LogP contribution in [0.1, 0.15) is 48.6 Å². The van der Waals surface area contributed by atoms with E-state index in [0.29, 0.717) is 6.04 Å². The zero-order valence-electron chi connectivity index (χ0n) is 13.7. The Morgan fingerprint density at radius 2 is 2.00 bits per heavy atom. The van der Waals surface area contributed by atoms with E-state index in [-0.39, 0.29) is 0 Å². The smallest absolute Gasteiger partial charge is 0.0537 e. The molecule has 0 saturated heterocycles. The van der Waals surface area contributed by atoms with Gasteiger partial charge in [-0.05, 0) is 56.8 Å². The third-order valence-corrected chi connectivity index (χ3v) is 4.03. The molecule has 1 N–H and O–H groups in total. The fraction of sp³-hybridized carbons (Fsp3) is 0.500. The molecule has 1 atom stereocenters. The van der Waals surface area contributed by atoms with Crippen LogP contribution in [-0.2, 0) is 13.0 Å². The van der Waals surface area contributed by atoms with Crippen molar-refractivity contribution >= 4 is 0 Å². The van der Waals surface area contributed by atoms with Crippen LogP contribution >= 0.6 is 0 Å². The van der Waals surface area contributed by atoms with Gasteiger partial charge in [0.05, 0.1) is 6.20 Å². The number of nitrogens with one attached hydrogen (secondary N) is 1. The Hall–Kier alpha value is -1.61. The molecule has 0 saturated carbocycles. The summed E-state index contributed by atoms with van der Waals surface area (Å²) in [5.74, 6) is 0. The normalized spacial score (nSPS) is 12.6. The summed E-state index contributed by atoms with van der Waals surface area (Å²) in [5.41, 5.74) is 5.39. The minimum atomic E-state index is 0.340. The molecule has 21 heavy (non-hydrogen) atoms. The zero-order valence-corrected chi connectivity index (χ0v) is 13.7. The average Bonchev–Trinajstić information content (AvgIpc) is 2.96. The molecular formula is C18H27N3. The predicted molar refractivity (Wildman–Crippen MR) is 88.6 cm³/mol. The molecule has 1 aromatic heterocycles. The summed E-state index contributed by atoms with van der Waals surface area (Å²) in [6, 6.07) is 7.11. The molecule has 3 heteroatoms. The van der Waals surface area contributed by atoms with E-state index in [1.165, 1.54) is 22.3 Å². The van der Waals surface area contributed by atoms with E-state index in [2.05, 4.69) is 62.5 Å². The van der Waals surface area contributed by atoms with Crippen LogP contribution in [0, 0.1) is 13.8 Å². The van der Waals surface area contributed by atoms with Crippen molar-refractivity contribution in [2.45, 2.75) is 53.1 Å². The van der Waals surface area contributed by atoms with E-state index in [4.69, 9.17) is 0 Å². The van der Waals surface area contributed by atoms with E-state index in [1.807, 2.05) is 10.9 Å². The van der Waals surface area contributed by atoms with Crippen LogP contribution in [-0.4, -0.2) is 16.3 Å². The van der Waals surface area contributed by atoms with Gasteiger partial charge in [-0.1, -0.05) is 25.1 Å². The summed E-state index contributed by atoms with van der Waals surface area (Å²) in [6.07, 6.45) is 6.31. The van der Waals surface area contributed by atoms with Gasteiger partial charge in [-0.25, -0.2) is 0 Å². The van der Waals surface area contributed by atoms with Crippen LogP contribution in [0.15, 0.2) is 30.6 Å². The van der Waals surface area contributed by atoms with Crippen LogP contribution in [0.2, 0.25) is 0 Å². The van der Waals surface area contributed by atoms with Crippen molar-refractivity contribution < 1.29 is 0 Å². The Bertz CT molecular complexity index is 572. The highest BCUT2D eigenvalue weighted by Crippen LogP contribution is 2.20. The summed E-state index contributed by atoms with van der Waals surface area (Å²) < 4.78 is 2.00. The van der Waals surface area contributed by atoms with Gasteiger partial charge < -0.3 is 5.32 Å². The number of aromatic nitrogens is 2. The highest BCUT2D eigenvalue weighted by atomic mass is 15.3. The van der Waals surface area contributed by atoms with E-state index in [1.54, 1.807) is 0 Å². The average molecular weight is 285 g/mol. The van der Waals surface area contributed by atoms with E-state index < -0.39 is 0 Å². The predicted octanol–water partition coefficient (Wildman–Crippen LogP) is 3.80. The van der Waals surface area contributed by atoms with Gasteiger partial charge in [-0.15, -0.1) is 0 Å². The van der Waals surface area contributed by atoms with Crippen LogP contribution < -0.4 is 5.32 Å². The second-order valence-electron chi connectivity index (χ2n) is 5.76. The van der Waals surface area contributed by atoms with Crippen LogP contribution in [0.5, 0.6) is 0 Å². The largest absolute Gasteiger partial charge is 0.310 e. The Kier molecular flexibility index (Phi) is 5.57. The number of nitrogens with zero attached hydrogens (tertiary/aromatic N) is 2. The molecule has 0 amide bonds. The van der Waals surface area contributed by atoms with Crippen molar-refractivity contribution in [3.05, 3.63) is 52.8 Å². The minimum absolute atomic E-state index is 0.340. The second-order valence-corrected chi connectivity index (χ2v) is 5.76. The molecule has 0 aliphatic heterocycles.